The summed E-state index contributed by atoms with van der Waals surface area (Å²) in [5.74, 6) is -0.0486. The Morgan fingerprint density at radius 2 is 2.11 bits per heavy atom. The van der Waals surface area contributed by atoms with Gasteiger partial charge in [0.25, 0.3) is 5.91 Å². The van der Waals surface area contributed by atoms with Gasteiger partial charge in [-0.3, -0.25) is 4.79 Å². The summed E-state index contributed by atoms with van der Waals surface area (Å²) in [6.07, 6.45) is 3.79. The van der Waals surface area contributed by atoms with Crippen LogP contribution in [0, 0.1) is 12.7 Å². The Morgan fingerprint density at radius 3 is 2.82 bits per heavy atom. The van der Waals surface area contributed by atoms with Crippen LogP contribution in [0.4, 0.5) is 4.39 Å². The van der Waals surface area contributed by atoms with E-state index in [1.54, 1.807) is 10.7 Å². The third kappa shape index (κ3) is 4.84. The minimum atomic E-state index is -1.52. The Hall–Kier alpha value is -4.25. The largest absolute Gasteiger partial charge is 0.487 e. The second-order valence-corrected chi connectivity index (χ2v) is 9.31. The number of benzene rings is 2. The van der Waals surface area contributed by atoms with Crippen molar-refractivity contribution in [1.29, 1.82) is 0 Å². The second kappa shape index (κ2) is 9.90. The first-order valence-corrected chi connectivity index (χ1v) is 11.9. The van der Waals surface area contributed by atoms with E-state index < -0.39 is 17.2 Å². The fraction of sp³-hybridized carbons (Fsp3) is 0.192. The minimum Gasteiger partial charge on any atom is -0.487 e. The highest BCUT2D eigenvalue weighted by Gasteiger charge is 2.29. The van der Waals surface area contributed by atoms with Gasteiger partial charge in [0.1, 0.15) is 44.1 Å². The van der Waals surface area contributed by atoms with Gasteiger partial charge in [-0.1, -0.05) is 23.7 Å². The molecular formula is C26H21BClFN6O3. The van der Waals surface area contributed by atoms with Crippen LogP contribution in [0.2, 0.25) is 5.02 Å². The lowest BCUT2D eigenvalue weighted by Gasteiger charge is -2.30. The fourth-order valence-electron chi connectivity index (χ4n) is 4.25. The maximum atomic E-state index is 14.4. The molecule has 0 aliphatic carbocycles. The average molecular weight is 531 g/mol. The first-order chi connectivity index (χ1) is 18.1. The van der Waals surface area contributed by atoms with Gasteiger partial charge in [-0.05, 0) is 43.7 Å². The Balaban J connectivity index is 1.51. The van der Waals surface area contributed by atoms with Gasteiger partial charge in [0, 0.05) is 34.7 Å². The molecule has 0 spiro atoms. The Labute approximate surface area is 223 Å². The smallest absolute Gasteiger partial charge is 0.273 e. The van der Waals surface area contributed by atoms with Crippen LogP contribution < -0.4 is 10.1 Å². The van der Waals surface area contributed by atoms with Crippen molar-refractivity contribution >= 4 is 36.3 Å². The number of rotatable bonds is 7. The van der Waals surface area contributed by atoms with Crippen LogP contribution in [0.3, 0.4) is 0 Å². The Kier molecular flexibility index (Phi) is 6.62. The first kappa shape index (κ1) is 25.4. The van der Waals surface area contributed by atoms with Crippen LogP contribution in [0.25, 0.3) is 22.3 Å². The number of oxazole rings is 1. The quantitative estimate of drug-likeness (QED) is 0.309. The molecule has 5 aromatic rings. The molecule has 2 radical (unpaired) electrons. The van der Waals surface area contributed by atoms with Gasteiger partial charge < -0.3 is 14.5 Å². The lowest BCUT2D eigenvalue weighted by atomic mass is 9.72. The van der Waals surface area contributed by atoms with Gasteiger partial charge in [0.05, 0.1) is 5.02 Å². The van der Waals surface area contributed by atoms with E-state index in [9.17, 15) is 9.18 Å². The van der Waals surface area contributed by atoms with E-state index in [-0.39, 0.29) is 22.9 Å². The van der Waals surface area contributed by atoms with E-state index in [2.05, 4.69) is 20.4 Å². The Morgan fingerprint density at radius 1 is 1.29 bits per heavy atom. The molecule has 0 saturated carbocycles. The molecule has 3 aromatic heterocycles. The number of nitrogens with one attached hydrogen (secondary N) is 1. The molecule has 0 fully saturated rings. The Bertz CT molecular complexity index is 1650. The number of pyridine rings is 1. The summed E-state index contributed by atoms with van der Waals surface area (Å²) in [6, 6.07) is 9.85. The molecule has 2 aromatic carbocycles. The molecule has 1 amide bonds. The number of para-hydroxylation sites is 1. The van der Waals surface area contributed by atoms with Crippen molar-refractivity contribution in [3.05, 3.63) is 88.7 Å². The van der Waals surface area contributed by atoms with Crippen molar-refractivity contribution < 1.29 is 18.3 Å². The molecule has 0 aliphatic rings. The lowest BCUT2D eigenvalue weighted by Crippen LogP contribution is -2.45. The SMILES string of the molecule is [B][C@@](C)(NC(=O)c1cocn1)c1cc(F)cc(Cl)c1COc1cccc2c(-c3ncnn3C)cc(C)nc12. The number of carbonyl (C=O) groups excluding carboxylic acids is 1. The second-order valence-electron chi connectivity index (χ2n) is 8.90. The summed E-state index contributed by atoms with van der Waals surface area (Å²) in [7, 11) is 8.27. The van der Waals surface area contributed by atoms with E-state index in [1.807, 2.05) is 32.2 Å². The van der Waals surface area contributed by atoms with E-state index in [1.165, 1.54) is 25.6 Å². The minimum absolute atomic E-state index is 0.0258. The predicted molar refractivity (Wildman–Crippen MR) is 139 cm³/mol. The third-order valence-corrected chi connectivity index (χ3v) is 6.35. The highest BCUT2D eigenvalue weighted by molar-refractivity contribution is 6.31. The number of aryl methyl sites for hydroxylation is 2. The zero-order valence-corrected chi connectivity index (χ0v) is 21.5. The molecule has 1 N–H and O–H groups in total. The maximum absolute atomic E-state index is 14.4. The van der Waals surface area contributed by atoms with Crippen molar-refractivity contribution in [3.8, 4) is 17.1 Å². The van der Waals surface area contributed by atoms with Gasteiger partial charge in [-0.25, -0.2) is 24.0 Å². The van der Waals surface area contributed by atoms with Gasteiger partial charge in [0.2, 0.25) is 0 Å². The van der Waals surface area contributed by atoms with Crippen LogP contribution in [0.5, 0.6) is 5.75 Å². The normalized spacial score (nSPS) is 12.9. The van der Waals surface area contributed by atoms with Gasteiger partial charge >= 0.3 is 0 Å². The van der Waals surface area contributed by atoms with Gasteiger partial charge in [-0.2, -0.15) is 5.10 Å². The molecule has 0 bridgehead atoms. The molecule has 0 aliphatic heterocycles. The lowest BCUT2D eigenvalue weighted by molar-refractivity contribution is 0.0924. The molecule has 0 unspecified atom stereocenters. The summed E-state index contributed by atoms with van der Waals surface area (Å²) in [6.45, 7) is 3.33. The molecule has 190 valence electrons. The number of amides is 1. The standard InChI is InChI=1S/C26H21BClFN6O3/c1-14-7-17(24-30-12-32-35(24)3)16-5-4-6-22(23(16)33-14)38-10-18-19(8-15(29)9-20(18)28)26(2,27)34-25(36)21-11-37-13-31-21/h4-9,11-13H,10H2,1-3H3,(H,34,36)/t26-/m0/s1. The third-order valence-electron chi connectivity index (χ3n) is 6.01. The number of hydrogen-bond acceptors (Lipinski definition) is 7. The summed E-state index contributed by atoms with van der Waals surface area (Å²) in [4.78, 5) is 25.5. The zero-order chi connectivity index (χ0) is 27.0. The van der Waals surface area contributed by atoms with Crippen molar-refractivity contribution in [1.82, 2.24) is 30.0 Å². The van der Waals surface area contributed by atoms with Crippen LogP contribution >= 0.6 is 11.6 Å². The van der Waals surface area contributed by atoms with Gasteiger partial charge in [-0.15, -0.1) is 0 Å². The maximum Gasteiger partial charge on any atom is 0.273 e. The molecule has 38 heavy (non-hydrogen) atoms. The first-order valence-electron chi connectivity index (χ1n) is 11.5. The summed E-state index contributed by atoms with van der Waals surface area (Å²) < 4.78 is 27.2. The van der Waals surface area contributed by atoms with Crippen molar-refractivity contribution in [2.45, 2.75) is 25.9 Å². The molecule has 3 heterocycles. The number of ether oxygens (including phenoxy) is 1. The zero-order valence-electron chi connectivity index (χ0n) is 20.7. The van der Waals surface area contributed by atoms with Crippen LogP contribution in [0.1, 0.15) is 34.2 Å². The predicted octanol–water partition coefficient (Wildman–Crippen LogP) is 4.47. The van der Waals surface area contributed by atoms with Crippen LogP contribution in [-0.2, 0) is 19.1 Å². The molecular weight excluding hydrogens is 510 g/mol. The van der Waals surface area contributed by atoms with Crippen molar-refractivity contribution in [2.24, 2.45) is 7.05 Å². The summed E-state index contributed by atoms with van der Waals surface area (Å²) in [5, 5.41) is 7.72. The fourth-order valence-corrected chi connectivity index (χ4v) is 4.51. The molecule has 1 atom stereocenters. The van der Waals surface area contributed by atoms with Crippen molar-refractivity contribution in [2.75, 3.05) is 0 Å². The van der Waals surface area contributed by atoms with E-state index in [0.29, 0.717) is 22.7 Å². The number of hydrogen-bond donors (Lipinski definition) is 1. The van der Waals surface area contributed by atoms with E-state index in [0.717, 1.165) is 29.1 Å². The summed E-state index contributed by atoms with van der Waals surface area (Å²) in [5.41, 5.74) is 1.37. The monoisotopic (exact) mass is 530 g/mol. The number of nitrogens with zero attached hydrogens (tertiary/aromatic N) is 5. The highest BCUT2D eigenvalue weighted by atomic mass is 35.5. The number of carbonyl (C=O) groups is 1. The number of halogens is 2. The summed E-state index contributed by atoms with van der Waals surface area (Å²) >= 11 is 6.45. The number of fused-ring (bicyclic) bond motifs is 1. The molecule has 5 rings (SSSR count). The highest BCUT2D eigenvalue weighted by Crippen LogP contribution is 2.34. The number of aromatic nitrogens is 5. The van der Waals surface area contributed by atoms with Crippen LogP contribution in [0.15, 0.2) is 59.8 Å². The average Bonchev–Trinajstić information content (AvgIpc) is 3.54. The molecule has 9 nitrogen and oxygen atoms in total. The van der Waals surface area contributed by atoms with E-state index in [4.69, 9.17) is 33.6 Å². The van der Waals surface area contributed by atoms with Crippen LogP contribution in [-0.4, -0.2) is 38.5 Å². The van der Waals surface area contributed by atoms with Gasteiger partial charge in [0.15, 0.2) is 17.9 Å². The topological polar surface area (TPSA) is 108 Å². The molecule has 0 saturated heterocycles. The molecule has 12 heteroatoms. The van der Waals surface area contributed by atoms with E-state index >= 15 is 0 Å². The van der Waals surface area contributed by atoms with Crippen molar-refractivity contribution in [3.63, 3.8) is 0 Å².